The SMILES string of the molecule is O=C(N/N=C\c1ccc(Oc2ccc([N+](=O)[O-])cn2)cc1)c1cc2cc([N+](=O)[O-])ccc2s1. The number of hydrogen-bond donors (Lipinski definition) is 1. The van der Waals surface area contributed by atoms with Gasteiger partial charge in [-0.25, -0.2) is 10.4 Å². The van der Waals surface area contributed by atoms with Gasteiger partial charge in [0, 0.05) is 34.4 Å². The number of carbonyl (C=O) groups is 1. The van der Waals surface area contributed by atoms with E-state index in [0.29, 0.717) is 21.6 Å². The number of thiophene rings is 1. The van der Waals surface area contributed by atoms with Gasteiger partial charge in [-0.05, 0) is 42.0 Å². The molecule has 0 radical (unpaired) electrons. The zero-order valence-corrected chi connectivity index (χ0v) is 17.4. The second-order valence-electron chi connectivity index (χ2n) is 6.57. The molecule has 0 fully saturated rings. The number of fused-ring (bicyclic) bond motifs is 1. The molecule has 12 heteroatoms. The fraction of sp³-hybridized carbons (Fsp3) is 0. The van der Waals surface area contributed by atoms with E-state index in [4.69, 9.17) is 4.74 Å². The van der Waals surface area contributed by atoms with E-state index < -0.39 is 15.8 Å². The Morgan fingerprint density at radius 1 is 1.00 bits per heavy atom. The van der Waals surface area contributed by atoms with Crippen LogP contribution in [0.2, 0.25) is 0 Å². The lowest BCUT2D eigenvalue weighted by molar-refractivity contribution is -0.385. The minimum Gasteiger partial charge on any atom is -0.439 e. The molecule has 0 saturated carbocycles. The molecule has 0 saturated heterocycles. The van der Waals surface area contributed by atoms with Crippen molar-refractivity contribution in [1.82, 2.24) is 10.4 Å². The van der Waals surface area contributed by atoms with Crippen molar-refractivity contribution in [2.75, 3.05) is 0 Å². The predicted octanol–water partition coefficient (Wildman–Crippen LogP) is 4.67. The highest BCUT2D eigenvalue weighted by Crippen LogP contribution is 2.29. The number of nitro benzene ring substituents is 1. The van der Waals surface area contributed by atoms with Crippen LogP contribution in [0.25, 0.3) is 10.1 Å². The fourth-order valence-electron chi connectivity index (χ4n) is 2.76. The van der Waals surface area contributed by atoms with Gasteiger partial charge in [0.25, 0.3) is 17.3 Å². The van der Waals surface area contributed by atoms with Gasteiger partial charge in [-0.15, -0.1) is 11.3 Å². The van der Waals surface area contributed by atoms with Crippen LogP contribution in [0.4, 0.5) is 11.4 Å². The molecule has 0 spiro atoms. The highest BCUT2D eigenvalue weighted by atomic mass is 32.1. The predicted molar refractivity (Wildman–Crippen MR) is 121 cm³/mol. The largest absolute Gasteiger partial charge is 0.439 e. The first-order valence-corrected chi connectivity index (χ1v) is 10.1. The van der Waals surface area contributed by atoms with Gasteiger partial charge in [0.1, 0.15) is 11.9 Å². The summed E-state index contributed by atoms with van der Waals surface area (Å²) in [6.45, 7) is 0. The quantitative estimate of drug-likeness (QED) is 0.238. The van der Waals surface area contributed by atoms with E-state index in [0.717, 1.165) is 10.9 Å². The molecule has 164 valence electrons. The summed E-state index contributed by atoms with van der Waals surface area (Å²) in [6.07, 6.45) is 2.56. The molecule has 33 heavy (non-hydrogen) atoms. The van der Waals surface area contributed by atoms with Crippen LogP contribution < -0.4 is 10.2 Å². The topological polar surface area (TPSA) is 150 Å². The van der Waals surface area contributed by atoms with E-state index in [1.807, 2.05) is 0 Å². The Hall–Kier alpha value is -4.71. The molecule has 2 aromatic carbocycles. The number of hydrazone groups is 1. The molecule has 0 atom stereocenters. The van der Waals surface area contributed by atoms with Crippen molar-refractivity contribution >= 4 is 44.9 Å². The van der Waals surface area contributed by atoms with Crippen LogP contribution in [0.15, 0.2) is 72.0 Å². The number of non-ortho nitro benzene ring substituents is 1. The number of nitrogens with one attached hydrogen (secondary N) is 1. The molecule has 0 aliphatic rings. The smallest absolute Gasteiger partial charge is 0.287 e. The number of benzene rings is 2. The van der Waals surface area contributed by atoms with Gasteiger partial charge >= 0.3 is 0 Å². The molecule has 2 heterocycles. The third kappa shape index (κ3) is 5.14. The Balaban J connectivity index is 1.36. The molecule has 4 aromatic rings. The number of nitrogens with zero attached hydrogens (tertiary/aromatic N) is 4. The Morgan fingerprint density at radius 2 is 1.73 bits per heavy atom. The molecule has 0 bridgehead atoms. The van der Waals surface area contributed by atoms with E-state index in [2.05, 4.69) is 15.5 Å². The lowest BCUT2D eigenvalue weighted by Crippen LogP contribution is -2.16. The van der Waals surface area contributed by atoms with Crippen molar-refractivity contribution in [1.29, 1.82) is 0 Å². The third-order valence-electron chi connectivity index (χ3n) is 4.35. The summed E-state index contributed by atoms with van der Waals surface area (Å²) in [6, 6.07) is 15.4. The second-order valence-corrected chi connectivity index (χ2v) is 7.66. The summed E-state index contributed by atoms with van der Waals surface area (Å²) in [5.74, 6) is 0.249. The van der Waals surface area contributed by atoms with E-state index in [1.54, 1.807) is 36.4 Å². The number of pyridine rings is 1. The van der Waals surface area contributed by atoms with Crippen molar-refractivity contribution in [2.45, 2.75) is 0 Å². The van der Waals surface area contributed by atoms with Gasteiger partial charge in [0.05, 0.1) is 20.9 Å². The van der Waals surface area contributed by atoms with Gasteiger partial charge in [-0.3, -0.25) is 25.0 Å². The number of carbonyl (C=O) groups excluding carboxylic acids is 1. The Morgan fingerprint density at radius 3 is 2.39 bits per heavy atom. The molecule has 0 unspecified atom stereocenters. The Bertz CT molecular complexity index is 1380. The lowest BCUT2D eigenvalue weighted by Gasteiger charge is -2.04. The van der Waals surface area contributed by atoms with Crippen molar-refractivity contribution in [3.8, 4) is 11.6 Å². The number of hydrogen-bond acceptors (Lipinski definition) is 9. The number of aromatic nitrogens is 1. The van der Waals surface area contributed by atoms with Crippen LogP contribution >= 0.6 is 11.3 Å². The van der Waals surface area contributed by atoms with Crippen LogP contribution in [0, 0.1) is 20.2 Å². The van der Waals surface area contributed by atoms with Crippen LogP contribution in [0.3, 0.4) is 0 Å². The van der Waals surface area contributed by atoms with Crippen LogP contribution in [0.1, 0.15) is 15.2 Å². The first kappa shape index (κ1) is 21.5. The first-order chi connectivity index (χ1) is 15.9. The van der Waals surface area contributed by atoms with Crippen molar-refractivity contribution < 1.29 is 19.4 Å². The molecule has 11 nitrogen and oxygen atoms in total. The van der Waals surface area contributed by atoms with E-state index in [-0.39, 0.29) is 17.3 Å². The van der Waals surface area contributed by atoms with Gasteiger partial charge in [0.15, 0.2) is 0 Å². The Labute approximate surface area is 189 Å². The zero-order valence-electron chi connectivity index (χ0n) is 16.6. The summed E-state index contributed by atoms with van der Waals surface area (Å²) in [5, 5.41) is 26.1. The average Bonchev–Trinajstić information content (AvgIpc) is 3.24. The number of rotatable bonds is 7. The van der Waals surface area contributed by atoms with E-state index in [9.17, 15) is 25.0 Å². The monoisotopic (exact) mass is 463 g/mol. The fourth-order valence-corrected chi connectivity index (χ4v) is 3.69. The first-order valence-electron chi connectivity index (χ1n) is 9.29. The van der Waals surface area contributed by atoms with Crippen molar-refractivity contribution in [3.05, 3.63) is 97.5 Å². The van der Waals surface area contributed by atoms with Crippen LogP contribution in [-0.4, -0.2) is 27.0 Å². The summed E-state index contributed by atoms with van der Waals surface area (Å²) >= 11 is 1.21. The molecule has 1 amide bonds. The van der Waals surface area contributed by atoms with Crippen molar-refractivity contribution in [2.24, 2.45) is 5.10 Å². The minimum atomic E-state index is -0.545. The number of ether oxygens (including phenoxy) is 1. The normalized spacial score (nSPS) is 10.9. The maximum Gasteiger partial charge on any atom is 0.287 e. The minimum absolute atomic E-state index is 0.0398. The van der Waals surface area contributed by atoms with Gasteiger partial charge in [0.2, 0.25) is 5.88 Å². The summed E-state index contributed by atoms with van der Waals surface area (Å²) in [7, 11) is 0. The standard InChI is InChI=1S/C21H13N5O6S/c27-21(19-10-14-9-15(25(28)29)3-7-18(14)33-19)24-23-11-13-1-5-17(6-2-13)32-20-8-4-16(12-22-20)26(30)31/h1-12H,(H,24,27)/b23-11-. The van der Waals surface area contributed by atoms with Crippen molar-refractivity contribution in [3.63, 3.8) is 0 Å². The molecular weight excluding hydrogens is 450 g/mol. The molecule has 1 N–H and O–H groups in total. The lowest BCUT2D eigenvalue weighted by atomic mass is 10.2. The van der Waals surface area contributed by atoms with E-state index >= 15 is 0 Å². The van der Waals surface area contributed by atoms with Crippen LogP contribution in [0.5, 0.6) is 11.6 Å². The van der Waals surface area contributed by atoms with Gasteiger partial charge < -0.3 is 4.74 Å². The maximum atomic E-state index is 12.3. The molecule has 4 rings (SSSR count). The highest BCUT2D eigenvalue weighted by molar-refractivity contribution is 7.20. The summed E-state index contributed by atoms with van der Waals surface area (Å²) in [5.41, 5.74) is 2.94. The van der Waals surface area contributed by atoms with Gasteiger partial charge in [-0.2, -0.15) is 5.10 Å². The molecule has 0 aliphatic heterocycles. The number of nitro groups is 2. The summed E-state index contributed by atoms with van der Waals surface area (Å²) in [4.78, 5) is 37.1. The second kappa shape index (κ2) is 9.20. The molecular formula is C21H13N5O6S. The number of amides is 1. The van der Waals surface area contributed by atoms with E-state index in [1.165, 1.54) is 41.8 Å². The Kier molecular flexibility index (Phi) is 6.00. The molecule has 2 aromatic heterocycles. The third-order valence-corrected chi connectivity index (χ3v) is 5.46. The average molecular weight is 463 g/mol. The van der Waals surface area contributed by atoms with Gasteiger partial charge in [-0.1, -0.05) is 0 Å². The zero-order chi connectivity index (χ0) is 23.4. The highest BCUT2D eigenvalue weighted by Gasteiger charge is 2.13. The summed E-state index contributed by atoms with van der Waals surface area (Å²) < 4.78 is 6.29. The van der Waals surface area contributed by atoms with Crippen LogP contribution in [-0.2, 0) is 0 Å². The molecule has 0 aliphatic carbocycles. The maximum absolute atomic E-state index is 12.3.